The maximum Gasteiger partial charge on any atom is 0.304 e. The summed E-state index contributed by atoms with van der Waals surface area (Å²) >= 11 is 0. The quantitative estimate of drug-likeness (QED) is 0.605. The molecule has 0 aliphatic heterocycles. The standard InChI is InChI=1S/C22H22N4O3/c1-26-13-18(12-24-26)20-8-5-16(17(14-29-2)10-22(27)28)9-21(20)25-19-6-3-15(11-23)4-7-19/h3-9,12-13,17,25H,10,14H2,1-2H3,(H,27,28). The van der Waals surface area contributed by atoms with Crippen molar-refractivity contribution in [3.05, 3.63) is 66.0 Å². The fraction of sp³-hybridized carbons (Fsp3) is 0.227. The van der Waals surface area contributed by atoms with E-state index in [0.717, 1.165) is 28.1 Å². The molecule has 148 valence electrons. The predicted octanol–water partition coefficient (Wildman–Crippen LogP) is 3.91. The number of hydrogen-bond donors (Lipinski definition) is 2. The summed E-state index contributed by atoms with van der Waals surface area (Å²) in [7, 11) is 3.42. The van der Waals surface area contributed by atoms with Crippen LogP contribution in [0.4, 0.5) is 11.4 Å². The molecule has 0 aliphatic rings. The van der Waals surface area contributed by atoms with Crippen molar-refractivity contribution >= 4 is 17.3 Å². The molecule has 0 aliphatic carbocycles. The summed E-state index contributed by atoms with van der Waals surface area (Å²) in [5.41, 5.74) is 4.99. The van der Waals surface area contributed by atoms with Gasteiger partial charge in [-0.3, -0.25) is 9.48 Å². The van der Waals surface area contributed by atoms with Gasteiger partial charge in [0.1, 0.15) is 0 Å². The van der Waals surface area contributed by atoms with Gasteiger partial charge in [-0.25, -0.2) is 0 Å². The summed E-state index contributed by atoms with van der Waals surface area (Å²) in [5, 5.41) is 25.9. The monoisotopic (exact) mass is 390 g/mol. The number of hydrogen-bond acceptors (Lipinski definition) is 5. The number of nitrogens with one attached hydrogen (secondary N) is 1. The van der Waals surface area contributed by atoms with Crippen molar-refractivity contribution in [2.45, 2.75) is 12.3 Å². The van der Waals surface area contributed by atoms with Crippen molar-refractivity contribution in [2.75, 3.05) is 19.0 Å². The molecule has 3 rings (SSSR count). The van der Waals surface area contributed by atoms with E-state index in [9.17, 15) is 9.90 Å². The van der Waals surface area contributed by atoms with Crippen molar-refractivity contribution in [3.8, 4) is 17.2 Å². The first-order valence-electron chi connectivity index (χ1n) is 9.11. The maximum atomic E-state index is 11.3. The molecule has 0 saturated carbocycles. The minimum atomic E-state index is -0.870. The van der Waals surface area contributed by atoms with E-state index in [2.05, 4.69) is 16.5 Å². The Labute approximate surface area is 169 Å². The molecule has 2 N–H and O–H groups in total. The Hall–Kier alpha value is -3.63. The molecule has 0 spiro atoms. The van der Waals surface area contributed by atoms with Crippen LogP contribution in [0.5, 0.6) is 0 Å². The summed E-state index contributed by atoms with van der Waals surface area (Å²) in [6, 6.07) is 15.1. The van der Waals surface area contributed by atoms with E-state index >= 15 is 0 Å². The third-order valence-corrected chi connectivity index (χ3v) is 4.61. The molecular formula is C22H22N4O3. The third-order valence-electron chi connectivity index (χ3n) is 4.61. The number of benzene rings is 2. The molecule has 0 radical (unpaired) electrons. The molecule has 1 heterocycles. The van der Waals surface area contributed by atoms with Crippen molar-refractivity contribution < 1.29 is 14.6 Å². The zero-order chi connectivity index (χ0) is 20.8. The first kappa shape index (κ1) is 20.1. The Bertz CT molecular complexity index is 1030. The lowest BCUT2D eigenvalue weighted by molar-refractivity contribution is -0.137. The summed E-state index contributed by atoms with van der Waals surface area (Å²) in [6.45, 7) is 0.314. The Balaban J connectivity index is 2.02. The number of nitrogens with zero attached hydrogens (tertiary/aromatic N) is 3. The van der Waals surface area contributed by atoms with Crippen LogP contribution in [0.15, 0.2) is 54.9 Å². The second kappa shape index (κ2) is 9.04. The van der Waals surface area contributed by atoms with Gasteiger partial charge in [-0.2, -0.15) is 10.4 Å². The fourth-order valence-electron chi connectivity index (χ4n) is 3.20. The molecule has 7 nitrogen and oxygen atoms in total. The molecule has 7 heteroatoms. The Morgan fingerprint density at radius 3 is 2.66 bits per heavy atom. The molecule has 2 aromatic carbocycles. The number of anilines is 2. The van der Waals surface area contributed by atoms with Gasteiger partial charge in [0.15, 0.2) is 0 Å². The zero-order valence-electron chi connectivity index (χ0n) is 16.3. The second-order valence-electron chi connectivity index (χ2n) is 6.77. The highest BCUT2D eigenvalue weighted by atomic mass is 16.5. The van der Waals surface area contributed by atoms with Crippen LogP contribution in [0, 0.1) is 11.3 Å². The number of aliphatic carboxylic acids is 1. The number of aryl methyl sites for hydroxylation is 1. The van der Waals surface area contributed by atoms with Gasteiger partial charge in [-0.1, -0.05) is 12.1 Å². The van der Waals surface area contributed by atoms with E-state index in [1.54, 1.807) is 30.1 Å². The average Bonchev–Trinajstić information content (AvgIpc) is 3.14. The lowest BCUT2D eigenvalue weighted by atomic mass is 9.93. The van der Waals surface area contributed by atoms with E-state index in [1.165, 1.54) is 0 Å². The molecule has 0 saturated heterocycles. The van der Waals surface area contributed by atoms with E-state index in [0.29, 0.717) is 12.2 Å². The van der Waals surface area contributed by atoms with Gasteiger partial charge >= 0.3 is 5.97 Å². The highest BCUT2D eigenvalue weighted by molar-refractivity contribution is 5.81. The lowest BCUT2D eigenvalue weighted by Crippen LogP contribution is -2.12. The van der Waals surface area contributed by atoms with E-state index in [-0.39, 0.29) is 12.3 Å². The van der Waals surface area contributed by atoms with E-state index < -0.39 is 5.97 Å². The van der Waals surface area contributed by atoms with Crippen molar-refractivity contribution in [1.29, 1.82) is 5.26 Å². The number of ether oxygens (including phenoxy) is 1. The molecule has 3 aromatic rings. The Kier molecular flexibility index (Phi) is 6.27. The Morgan fingerprint density at radius 2 is 2.07 bits per heavy atom. The normalized spacial score (nSPS) is 11.6. The first-order valence-corrected chi connectivity index (χ1v) is 9.11. The second-order valence-corrected chi connectivity index (χ2v) is 6.77. The number of carboxylic acids is 1. The lowest BCUT2D eigenvalue weighted by Gasteiger charge is -2.18. The maximum absolute atomic E-state index is 11.3. The number of methoxy groups -OCH3 is 1. The van der Waals surface area contributed by atoms with Gasteiger partial charge in [0, 0.05) is 48.8 Å². The van der Waals surface area contributed by atoms with Crippen LogP contribution in [0.25, 0.3) is 11.1 Å². The fourth-order valence-corrected chi connectivity index (χ4v) is 3.20. The smallest absolute Gasteiger partial charge is 0.304 e. The van der Waals surface area contributed by atoms with E-state index in [4.69, 9.17) is 10.00 Å². The average molecular weight is 390 g/mol. The van der Waals surface area contributed by atoms with Gasteiger partial charge < -0.3 is 15.2 Å². The van der Waals surface area contributed by atoms with Crippen LogP contribution in [0.3, 0.4) is 0 Å². The van der Waals surface area contributed by atoms with Gasteiger partial charge in [-0.05, 0) is 35.9 Å². The largest absolute Gasteiger partial charge is 0.481 e. The van der Waals surface area contributed by atoms with Gasteiger partial charge in [0.2, 0.25) is 0 Å². The molecule has 0 fully saturated rings. The van der Waals surface area contributed by atoms with Crippen molar-refractivity contribution in [3.63, 3.8) is 0 Å². The minimum Gasteiger partial charge on any atom is -0.481 e. The molecule has 1 atom stereocenters. The van der Waals surface area contributed by atoms with Crippen LogP contribution in [0.1, 0.15) is 23.5 Å². The molecule has 0 amide bonds. The van der Waals surface area contributed by atoms with Crippen LogP contribution in [-0.4, -0.2) is 34.6 Å². The van der Waals surface area contributed by atoms with E-state index in [1.807, 2.05) is 43.6 Å². The van der Waals surface area contributed by atoms with Crippen molar-refractivity contribution in [2.24, 2.45) is 7.05 Å². The molecule has 0 bridgehead atoms. The Morgan fingerprint density at radius 1 is 1.31 bits per heavy atom. The number of aromatic nitrogens is 2. The molecular weight excluding hydrogens is 368 g/mol. The summed E-state index contributed by atoms with van der Waals surface area (Å²) in [6.07, 6.45) is 3.68. The number of rotatable bonds is 8. The third kappa shape index (κ3) is 5.00. The van der Waals surface area contributed by atoms with Gasteiger partial charge in [0.25, 0.3) is 0 Å². The SMILES string of the molecule is COCC(CC(=O)O)c1ccc(-c2cnn(C)c2)c(Nc2ccc(C#N)cc2)c1. The minimum absolute atomic E-state index is 0.0175. The molecule has 29 heavy (non-hydrogen) atoms. The summed E-state index contributed by atoms with van der Waals surface area (Å²) in [4.78, 5) is 11.3. The highest BCUT2D eigenvalue weighted by Gasteiger charge is 2.18. The van der Waals surface area contributed by atoms with Crippen LogP contribution < -0.4 is 5.32 Å². The summed E-state index contributed by atoms with van der Waals surface area (Å²) < 4.78 is 6.96. The zero-order valence-corrected chi connectivity index (χ0v) is 16.3. The number of carboxylic acid groups (broad SMARTS) is 1. The van der Waals surface area contributed by atoms with Gasteiger partial charge in [-0.15, -0.1) is 0 Å². The first-order chi connectivity index (χ1) is 14.0. The number of carbonyl (C=O) groups is 1. The molecule has 1 unspecified atom stereocenters. The van der Waals surface area contributed by atoms with Gasteiger partial charge in [0.05, 0.1) is 30.9 Å². The predicted molar refractivity (Wildman–Crippen MR) is 110 cm³/mol. The van der Waals surface area contributed by atoms with Crippen LogP contribution in [0.2, 0.25) is 0 Å². The number of nitriles is 1. The molecule has 1 aromatic heterocycles. The summed E-state index contributed by atoms with van der Waals surface area (Å²) in [5.74, 6) is -1.13. The van der Waals surface area contributed by atoms with Crippen LogP contribution >= 0.6 is 0 Å². The van der Waals surface area contributed by atoms with Crippen molar-refractivity contribution in [1.82, 2.24) is 9.78 Å². The van der Waals surface area contributed by atoms with Crippen LogP contribution in [-0.2, 0) is 16.6 Å². The highest BCUT2D eigenvalue weighted by Crippen LogP contribution is 2.34. The topological polar surface area (TPSA) is 100 Å².